The normalized spacial score (nSPS) is 22.4. The number of benzene rings is 1. The third-order valence-electron chi connectivity index (χ3n) is 5.31. The highest BCUT2D eigenvalue weighted by molar-refractivity contribution is 6.76. The van der Waals surface area contributed by atoms with E-state index >= 15 is 0 Å². The summed E-state index contributed by atoms with van der Waals surface area (Å²) >= 11 is 0. The van der Waals surface area contributed by atoms with Crippen molar-refractivity contribution in [3.63, 3.8) is 0 Å². The number of amides is 1. The number of carbonyl (C=O) groups excluding carboxylic acids is 1. The lowest BCUT2D eigenvalue weighted by atomic mass is 9.94. The Hall–Kier alpha value is -2.17. The van der Waals surface area contributed by atoms with Crippen LogP contribution in [0.25, 0.3) is 0 Å². The molecule has 9 nitrogen and oxygen atoms in total. The average molecular weight is 453 g/mol. The molecule has 0 aromatic heterocycles. The minimum absolute atomic E-state index is 0.0554. The highest BCUT2D eigenvalue weighted by atomic mass is 28.3. The van der Waals surface area contributed by atoms with E-state index in [-0.39, 0.29) is 41.9 Å². The predicted molar refractivity (Wildman–Crippen MR) is 117 cm³/mol. The van der Waals surface area contributed by atoms with Gasteiger partial charge in [-0.15, -0.1) is 0 Å². The van der Waals surface area contributed by atoms with Crippen molar-refractivity contribution in [3.05, 3.63) is 33.4 Å². The summed E-state index contributed by atoms with van der Waals surface area (Å²) in [6, 6.07) is 4.25. The fourth-order valence-electron chi connectivity index (χ4n) is 3.65. The first-order valence-electron chi connectivity index (χ1n) is 10.6. The largest absolute Gasteiger partial charge is 0.487 e. The number of hydrogen-bond acceptors (Lipinski definition) is 7. The lowest BCUT2D eigenvalue weighted by Gasteiger charge is -2.29. The molecule has 0 bridgehead atoms. The molecule has 1 aromatic carbocycles. The van der Waals surface area contributed by atoms with Crippen LogP contribution in [0.3, 0.4) is 0 Å². The Morgan fingerprint density at radius 2 is 1.97 bits per heavy atom. The summed E-state index contributed by atoms with van der Waals surface area (Å²) in [5.41, 5.74) is 1.06. The molecular formula is C21H32N2O7Si. The van der Waals surface area contributed by atoms with Gasteiger partial charge in [0.05, 0.1) is 31.3 Å². The van der Waals surface area contributed by atoms with Crippen LogP contribution in [0.1, 0.15) is 30.9 Å². The van der Waals surface area contributed by atoms with E-state index in [9.17, 15) is 14.9 Å². The Morgan fingerprint density at radius 1 is 1.29 bits per heavy atom. The van der Waals surface area contributed by atoms with Crippen LogP contribution in [0.4, 0.5) is 10.5 Å². The van der Waals surface area contributed by atoms with Gasteiger partial charge in [0.15, 0.2) is 6.29 Å². The summed E-state index contributed by atoms with van der Waals surface area (Å²) in [6.07, 6.45) is -0.492. The van der Waals surface area contributed by atoms with Crippen LogP contribution in [0.2, 0.25) is 25.7 Å². The molecule has 3 rings (SSSR count). The molecule has 2 heterocycles. The minimum Gasteiger partial charge on any atom is -0.487 e. The molecule has 1 amide bonds. The maximum absolute atomic E-state index is 11.8. The Balaban J connectivity index is 1.53. The second-order valence-corrected chi connectivity index (χ2v) is 15.6. The van der Waals surface area contributed by atoms with Crippen molar-refractivity contribution in [2.75, 3.05) is 26.4 Å². The van der Waals surface area contributed by atoms with Crippen LogP contribution in [-0.4, -0.2) is 57.3 Å². The molecule has 2 aliphatic heterocycles. The zero-order valence-corrected chi connectivity index (χ0v) is 19.9. The van der Waals surface area contributed by atoms with E-state index in [1.54, 1.807) is 12.1 Å². The summed E-state index contributed by atoms with van der Waals surface area (Å²) in [5.74, 6) is 0.383. The van der Waals surface area contributed by atoms with E-state index in [0.717, 1.165) is 11.6 Å². The maximum atomic E-state index is 11.8. The van der Waals surface area contributed by atoms with Gasteiger partial charge in [-0.2, -0.15) is 0 Å². The molecule has 0 aliphatic carbocycles. The second kappa shape index (κ2) is 9.13. The molecule has 2 aliphatic rings. The maximum Gasteiger partial charge on any atom is 0.407 e. The number of hydrogen-bond donors (Lipinski definition) is 1. The van der Waals surface area contributed by atoms with Gasteiger partial charge in [0.25, 0.3) is 5.69 Å². The van der Waals surface area contributed by atoms with Gasteiger partial charge in [-0.05, 0) is 26.0 Å². The topological polar surface area (TPSA) is 109 Å². The molecule has 0 radical (unpaired) electrons. The van der Waals surface area contributed by atoms with Crippen LogP contribution in [-0.2, 0) is 20.6 Å². The number of alkyl carbamates (subject to hydrolysis) is 1. The van der Waals surface area contributed by atoms with Crippen molar-refractivity contribution in [2.45, 2.75) is 63.8 Å². The lowest BCUT2D eigenvalue weighted by molar-refractivity contribution is -0.386. The molecule has 10 heteroatoms. The van der Waals surface area contributed by atoms with Crippen molar-refractivity contribution < 1.29 is 28.7 Å². The Labute approximate surface area is 183 Å². The molecule has 0 atom stereocenters. The number of rotatable bonds is 7. The van der Waals surface area contributed by atoms with E-state index in [0.29, 0.717) is 24.3 Å². The van der Waals surface area contributed by atoms with Crippen LogP contribution in [0.15, 0.2) is 12.1 Å². The fraction of sp³-hybridized carbons (Fsp3) is 0.667. The first-order chi connectivity index (χ1) is 14.4. The van der Waals surface area contributed by atoms with Crippen molar-refractivity contribution >= 4 is 19.9 Å². The SMILES string of the molecule is CC1(C)Cc2cc([N+](=O)[O-])c([C@H]3CO[C@@H](CNC(=O)OCC[Si](C)(C)C)OC3)cc2O1. The Kier molecular flexibility index (Phi) is 6.92. The second-order valence-electron chi connectivity index (χ2n) is 9.94. The van der Waals surface area contributed by atoms with Gasteiger partial charge in [-0.3, -0.25) is 10.1 Å². The molecule has 31 heavy (non-hydrogen) atoms. The molecule has 1 aromatic rings. The number of nitro groups is 1. The van der Waals surface area contributed by atoms with E-state index in [4.69, 9.17) is 18.9 Å². The predicted octanol–water partition coefficient (Wildman–Crippen LogP) is 3.83. The highest BCUT2D eigenvalue weighted by Crippen LogP contribution is 2.41. The molecule has 0 saturated carbocycles. The van der Waals surface area contributed by atoms with Crippen molar-refractivity contribution in [3.8, 4) is 5.75 Å². The minimum atomic E-state index is -1.26. The molecule has 1 N–H and O–H groups in total. The number of ether oxygens (including phenoxy) is 4. The fourth-order valence-corrected chi connectivity index (χ4v) is 4.36. The summed E-state index contributed by atoms with van der Waals surface area (Å²) < 4.78 is 22.5. The van der Waals surface area contributed by atoms with Gasteiger partial charge in [0, 0.05) is 37.6 Å². The summed E-state index contributed by atoms with van der Waals surface area (Å²) in [7, 11) is -1.26. The first kappa shape index (κ1) is 23.5. The van der Waals surface area contributed by atoms with E-state index in [2.05, 4.69) is 25.0 Å². The Bertz CT molecular complexity index is 830. The van der Waals surface area contributed by atoms with Gasteiger partial charge in [0.2, 0.25) is 0 Å². The molecule has 0 unspecified atom stereocenters. The van der Waals surface area contributed by atoms with E-state index in [1.165, 1.54) is 0 Å². The van der Waals surface area contributed by atoms with Gasteiger partial charge in [0.1, 0.15) is 11.4 Å². The summed E-state index contributed by atoms with van der Waals surface area (Å²) in [5, 5.41) is 14.3. The number of nitro benzene ring substituents is 1. The van der Waals surface area contributed by atoms with E-state index in [1.807, 2.05) is 13.8 Å². The molecule has 1 saturated heterocycles. The van der Waals surface area contributed by atoms with Gasteiger partial charge in [-0.1, -0.05) is 19.6 Å². The average Bonchev–Trinajstić information content (AvgIpc) is 2.97. The van der Waals surface area contributed by atoms with Crippen molar-refractivity contribution in [1.82, 2.24) is 5.32 Å². The third-order valence-corrected chi connectivity index (χ3v) is 7.02. The summed E-state index contributed by atoms with van der Waals surface area (Å²) in [6.45, 7) is 11.6. The number of carbonyl (C=O) groups is 1. The van der Waals surface area contributed by atoms with Crippen LogP contribution in [0, 0.1) is 10.1 Å². The quantitative estimate of drug-likeness (QED) is 0.380. The molecule has 1 fully saturated rings. The molecular weight excluding hydrogens is 420 g/mol. The lowest BCUT2D eigenvalue weighted by Crippen LogP contribution is -2.40. The van der Waals surface area contributed by atoms with Gasteiger partial charge in [-0.25, -0.2) is 4.79 Å². The zero-order chi connectivity index (χ0) is 22.8. The molecule has 0 spiro atoms. The molecule has 172 valence electrons. The number of nitrogens with zero attached hydrogens (tertiary/aromatic N) is 1. The smallest absolute Gasteiger partial charge is 0.407 e. The van der Waals surface area contributed by atoms with E-state index < -0.39 is 20.5 Å². The van der Waals surface area contributed by atoms with Gasteiger partial charge >= 0.3 is 6.09 Å². The Morgan fingerprint density at radius 3 is 2.58 bits per heavy atom. The monoisotopic (exact) mass is 452 g/mol. The van der Waals surface area contributed by atoms with Crippen molar-refractivity contribution in [2.24, 2.45) is 0 Å². The standard InChI is InChI=1S/C21H32N2O7Si/c1-21(2)10-14-8-17(23(25)26)16(9-18(14)30-21)15-12-28-19(29-13-15)11-22-20(24)27-6-7-31(3,4)5/h8-9,15,19H,6-7,10-13H2,1-5H3,(H,22,24)/t15-,19+. The number of nitrogens with one attached hydrogen (secondary N) is 1. The highest BCUT2D eigenvalue weighted by Gasteiger charge is 2.36. The van der Waals surface area contributed by atoms with Crippen molar-refractivity contribution in [1.29, 1.82) is 0 Å². The van der Waals surface area contributed by atoms with Crippen LogP contribution in [0.5, 0.6) is 5.75 Å². The zero-order valence-electron chi connectivity index (χ0n) is 18.9. The first-order valence-corrected chi connectivity index (χ1v) is 14.3. The van der Waals surface area contributed by atoms with Crippen LogP contribution >= 0.6 is 0 Å². The van der Waals surface area contributed by atoms with Crippen LogP contribution < -0.4 is 10.1 Å². The third kappa shape index (κ3) is 6.41. The van der Waals surface area contributed by atoms with Gasteiger partial charge < -0.3 is 24.3 Å². The number of fused-ring (bicyclic) bond motifs is 1. The summed E-state index contributed by atoms with van der Waals surface area (Å²) in [4.78, 5) is 23.1.